The summed E-state index contributed by atoms with van der Waals surface area (Å²) in [5, 5.41) is 3.02. The van der Waals surface area contributed by atoms with Crippen molar-refractivity contribution in [1.82, 2.24) is 9.62 Å². The molecule has 112 valence electrons. The van der Waals surface area contributed by atoms with E-state index >= 15 is 0 Å². The van der Waals surface area contributed by atoms with E-state index in [0.29, 0.717) is 35.6 Å². The van der Waals surface area contributed by atoms with Crippen LogP contribution >= 0.6 is 15.9 Å². The molecule has 2 rings (SSSR count). The highest BCUT2D eigenvalue weighted by Crippen LogP contribution is 2.27. The summed E-state index contributed by atoms with van der Waals surface area (Å²) >= 11 is 3.34. The number of sulfonamides is 1. The lowest BCUT2D eigenvalue weighted by molar-refractivity contribution is 0.0102. The summed E-state index contributed by atoms with van der Waals surface area (Å²) in [4.78, 5) is 0.319. The molecule has 0 bridgehead atoms. The first-order valence-corrected chi connectivity index (χ1v) is 8.73. The van der Waals surface area contributed by atoms with Crippen molar-refractivity contribution < 1.29 is 13.2 Å². The molecular weight excluding hydrogens is 344 g/mol. The van der Waals surface area contributed by atoms with Gasteiger partial charge in [0.25, 0.3) is 0 Å². The number of benzene rings is 1. The van der Waals surface area contributed by atoms with Gasteiger partial charge in [0.05, 0.1) is 17.6 Å². The van der Waals surface area contributed by atoms with E-state index in [1.807, 2.05) is 20.0 Å². The van der Waals surface area contributed by atoms with Crippen LogP contribution in [0.25, 0.3) is 0 Å². The van der Waals surface area contributed by atoms with Gasteiger partial charge in [-0.25, -0.2) is 8.42 Å². The normalized spacial score (nSPS) is 21.1. The molecule has 1 saturated heterocycles. The Balaban J connectivity index is 2.35. The van der Waals surface area contributed by atoms with Gasteiger partial charge in [0.1, 0.15) is 0 Å². The van der Waals surface area contributed by atoms with E-state index in [9.17, 15) is 8.42 Å². The van der Waals surface area contributed by atoms with Gasteiger partial charge in [0, 0.05) is 24.1 Å². The smallest absolute Gasteiger partial charge is 0.244 e. The molecule has 0 amide bonds. The van der Waals surface area contributed by atoms with Crippen LogP contribution < -0.4 is 5.32 Å². The van der Waals surface area contributed by atoms with Crippen LogP contribution in [0.1, 0.15) is 12.5 Å². The zero-order valence-corrected chi connectivity index (χ0v) is 14.0. The zero-order valence-electron chi connectivity index (χ0n) is 11.6. The van der Waals surface area contributed by atoms with Crippen LogP contribution in [0, 0.1) is 0 Å². The molecular formula is C13H19BrN2O3S. The molecule has 0 aromatic heterocycles. The van der Waals surface area contributed by atoms with Crippen LogP contribution in [0.3, 0.4) is 0 Å². The fourth-order valence-corrected chi connectivity index (χ4v) is 4.68. The van der Waals surface area contributed by atoms with Gasteiger partial charge in [-0.1, -0.05) is 6.07 Å². The predicted octanol–water partition coefficient (Wildman–Crippen LogP) is 1.58. The second kappa shape index (κ2) is 6.53. The average Bonchev–Trinajstić information content (AvgIpc) is 2.41. The molecule has 0 radical (unpaired) electrons. The lowest BCUT2D eigenvalue weighted by Crippen LogP contribution is -2.44. The molecule has 1 aromatic carbocycles. The molecule has 5 nitrogen and oxygen atoms in total. The summed E-state index contributed by atoms with van der Waals surface area (Å²) in [6.07, 6.45) is -0.0715. The number of rotatable bonds is 4. The first-order valence-electron chi connectivity index (χ1n) is 6.50. The average molecular weight is 363 g/mol. The lowest BCUT2D eigenvalue weighted by atomic mass is 10.2. The summed E-state index contributed by atoms with van der Waals surface area (Å²) < 4.78 is 32.9. The number of nitrogens with zero attached hydrogens (tertiary/aromatic N) is 1. The minimum absolute atomic E-state index is 0.0715. The minimum Gasteiger partial charge on any atom is -0.376 e. The molecule has 20 heavy (non-hydrogen) atoms. The molecule has 1 heterocycles. The first kappa shape index (κ1) is 15.9. The van der Waals surface area contributed by atoms with E-state index in [4.69, 9.17) is 4.74 Å². The van der Waals surface area contributed by atoms with Crippen molar-refractivity contribution >= 4 is 26.0 Å². The third kappa shape index (κ3) is 3.40. The number of hydrogen-bond acceptors (Lipinski definition) is 4. The van der Waals surface area contributed by atoms with E-state index < -0.39 is 10.0 Å². The monoisotopic (exact) mass is 362 g/mol. The Labute approximate surface area is 128 Å². The molecule has 1 N–H and O–H groups in total. The van der Waals surface area contributed by atoms with Crippen LogP contribution in [0.5, 0.6) is 0 Å². The standard InChI is InChI=1S/C13H19BrN2O3S/c1-10-9-16(5-6-19-10)20(17,18)13-7-11(8-15-2)3-4-12(13)14/h3-4,7,10,15H,5-6,8-9H2,1-2H3. The molecule has 0 saturated carbocycles. The quantitative estimate of drug-likeness (QED) is 0.883. The fraction of sp³-hybridized carbons (Fsp3) is 0.538. The maximum absolute atomic E-state index is 12.7. The molecule has 1 aliphatic rings. The molecule has 7 heteroatoms. The van der Waals surface area contributed by atoms with Crippen molar-refractivity contribution in [3.63, 3.8) is 0 Å². The molecule has 1 fully saturated rings. The lowest BCUT2D eigenvalue weighted by Gasteiger charge is -2.30. The van der Waals surface area contributed by atoms with E-state index in [0.717, 1.165) is 5.56 Å². The number of morpholine rings is 1. The summed E-state index contributed by atoms with van der Waals surface area (Å²) in [6.45, 7) is 3.75. The van der Waals surface area contributed by atoms with Crippen LogP contribution in [-0.4, -0.2) is 45.6 Å². The van der Waals surface area contributed by atoms with Gasteiger partial charge in [-0.2, -0.15) is 4.31 Å². The number of hydrogen-bond donors (Lipinski definition) is 1. The Hall–Kier alpha value is -0.470. The minimum atomic E-state index is -3.49. The Bertz CT molecular complexity index is 577. The SMILES string of the molecule is CNCc1ccc(Br)c(S(=O)(=O)N2CCOC(C)C2)c1. The third-order valence-electron chi connectivity index (χ3n) is 3.20. The Morgan fingerprint density at radius 1 is 1.50 bits per heavy atom. The molecule has 1 atom stereocenters. The van der Waals surface area contributed by atoms with Crippen molar-refractivity contribution in [2.24, 2.45) is 0 Å². The van der Waals surface area contributed by atoms with Crippen LogP contribution in [0.2, 0.25) is 0 Å². The summed E-state index contributed by atoms with van der Waals surface area (Å²) in [6, 6.07) is 5.40. The molecule has 1 unspecified atom stereocenters. The van der Waals surface area contributed by atoms with Gasteiger partial charge < -0.3 is 10.1 Å². The Kier molecular flexibility index (Phi) is 5.19. The van der Waals surface area contributed by atoms with Crippen molar-refractivity contribution in [3.8, 4) is 0 Å². The van der Waals surface area contributed by atoms with Crippen LogP contribution in [0.15, 0.2) is 27.6 Å². The van der Waals surface area contributed by atoms with E-state index in [-0.39, 0.29) is 6.10 Å². The molecule has 0 spiro atoms. The number of halogens is 1. The van der Waals surface area contributed by atoms with E-state index in [1.165, 1.54) is 4.31 Å². The van der Waals surface area contributed by atoms with Crippen LogP contribution in [-0.2, 0) is 21.3 Å². The largest absolute Gasteiger partial charge is 0.376 e. The summed E-state index contributed by atoms with van der Waals surface area (Å²) in [7, 11) is -1.65. The zero-order chi connectivity index (χ0) is 14.8. The maximum atomic E-state index is 12.7. The second-order valence-corrected chi connectivity index (χ2v) is 7.60. The van der Waals surface area contributed by atoms with E-state index in [1.54, 1.807) is 12.1 Å². The van der Waals surface area contributed by atoms with Crippen molar-refractivity contribution in [1.29, 1.82) is 0 Å². The van der Waals surface area contributed by atoms with E-state index in [2.05, 4.69) is 21.2 Å². The first-order chi connectivity index (χ1) is 9.45. The molecule has 1 aliphatic heterocycles. The topological polar surface area (TPSA) is 58.6 Å². The predicted molar refractivity (Wildman–Crippen MR) is 81.1 cm³/mol. The number of nitrogens with one attached hydrogen (secondary N) is 1. The van der Waals surface area contributed by atoms with Gasteiger partial charge in [-0.05, 0) is 47.6 Å². The van der Waals surface area contributed by atoms with Gasteiger partial charge in [0.15, 0.2) is 0 Å². The van der Waals surface area contributed by atoms with Crippen LogP contribution in [0.4, 0.5) is 0 Å². The highest BCUT2D eigenvalue weighted by Gasteiger charge is 2.30. The molecule has 1 aromatic rings. The maximum Gasteiger partial charge on any atom is 0.244 e. The van der Waals surface area contributed by atoms with Gasteiger partial charge >= 0.3 is 0 Å². The summed E-state index contributed by atoms with van der Waals surface area (Å²) in [5.41, 5.74) is 0.940. The van der Waals surface area contributed by atoms with Gasteiger partial charge in [-0.3, -0.25) is 0 Å². The van der Waals surface area contributed by atoms with Crippen molar-refractivity contribution in [2.75, 3.05) is 26.7 Å². The second-order valence-electron chi connectivity index (χ2n) is 4.84. The number of ether oxygens (including phenoxy) is 1. The Morgan fingerprint density at radius 3 is 2.90 bits per heavy atom. The van der Waals surface area contributed by atoms with Gasteiger partial charge in [-0.15, -0.1) is 0 Å². The third-order valence-corrected chi connectivity index (χ3v) is 6.06. The van der Waals surface area contributed by atoms with Gasteiger partial charge in [0.2, 0.25) is 10.0 Å². The molecule has 0 aliphatic carbocycles. The highest BCUT2D eigenvalue weighted by atomic mass is 79.9. The van der Waals surface area contributed by atoms with Crippen molar-refractivity contribution in [2.45, 2.75) is 24.5 Å². The fourth-order valence-electron chi connectivity index (χ4n) is 2.20. The van der Waals surface area contributed by atoms with Crippen molar-refractivity contribution in [3.05, 3.63) is 28.2 Å². The Morgan fingerprint density at radius 2 is 2.25 bits per heavy atom. The highest BCUT2D eigenvalue weighted by molar-refractivity contribution is 9.10. The summed E-state index contributed by atoms with van der Waals surface area (Å²) in [5.74, 6) is 0.